The molecule has 0 unspecified atom stereocenters. The summed E-state index contributed by atoms with van der Waals surface area (Å²) >= 11 is 0. The molecular weight excluding hydrogens is 338 g/mol. The summed E-state index contributed by atoms with van der Waals surface area (Å²) in [6.45, 7) is 6.85. The minimum absolute atomic E-state index is 0.00489. The van der Waals surface area contributed by atoms with Crippen LogP contribution in [0.2, 0.25) is 0 Å². The zero-order valence-corrected chi connectivity index (χ0v) is 15.5. The average molecular weight is 361 g/mol. The molecule has 0 aromatic heterocycles. The van der Waals surface area contributed by atoms with E-state index in [4.69, 9.17) is 9.47 Å². The van der Waals surface area contributed by atoms with Gasteiger partial charge in [-0.15, -0.1) is 0 Å². The second-order valence-corrected chi connectivity index (χ2v) is 8.88. The molecule has 0 saturated carbocycles. The van der Waals surface area contributed by atoms with Gasteiger partial charge in [0.1, 0.15) is 0 Å². The number of fused-ring (bicyclic) bond motifs is 1. The molecule has 0 fully saturated rings. The van der Waals surface area contributed by atoms with E-state index in [9.17, 15) is 8.42 Å². The summed E-state index contributed by atoms with van der Waals surface area (Å²) in [5.74, 6) is 1.43. The summed E-state index contributed by atoms with van der Waals surface area (Å²) in [4.78, 5) is 0.284. The number of nitrogens with one attached hydrogen (secondary N) is 1. The molecular formula is C19H23NO4S. The van der Waals surface area contributed by atoms with Crippen LogP contribution in [0.3, 0.4) is 0 Å². The van der Waals surface area contributed by atoms with Crippen molar-refractivity contribution in [2.45, 2.75) is 37.5 Å². The van der Waals surface area contributed by atoms with Crippen molar-refractivity contribution in [2.75, 3.05) is 13.3 Å². The van der Waals surface area contributed by atoms with E-state index in [1.54, 1.807) is 12.1 Å². The molecule has 2 aromatic rings. The predicted octanol–water partition coefficient (Wildman–Crippen LogP) is 3.23. The van der Waals surface area contributed by atoms with Gasteiger partial charge in [-0.1, -0.05) is 39.0 Å². The zero-order valence-electron chi connectivity index (χ0n) is 14.7. The van der Waals surface area contributed by atoms with Gasteiger partial charge in [-0.3, -0.25) is 0 Å². The molecule has 1 aliphatic heterocycles. The maximum atomic E-state index is 12.4. The van der Waals surface area contributed by atoms with Crippen LogP contribution in [0.15, 0.2) is 47.4 Å². The average Bonchev–Trinajstić information content (AvgIpc) is 3.02. The second kappa shape index (κ2) is 6.69. The Labute approximate surface area is 149 Å². The lowest BCUT2D eigenvalue weighted by atomic mass is 9.87. The summed E-state index contributed by atoms with van der Waals surface area (Å²) in [7, 11) is -3.51. The Bertz CT molecular complexity index is 852. The van der Waals surface area contributed by atoms with E-state index >= 15 is 0 Å². The number of hydrogen-bond donors (Lipinski definition) is 1. The smallest absolute Gasteiger partial charge is 0.240 e. The first-order valence-electron chi connectivity index (χ1n) is 8.24. The molecule has 1 aliphatic rings. The van der Waals surface area contributed by atoms with Gasteiger partial charge in [0.2, 0.25) is 16.8 Å². The number of ether oxygens (including phenoxy) is 2. The molecule has 1 heterocycles. The van der Waals surface area contributed by atoms with E-state index < -0.39 is 10.0 Å². The van der Waals surface area contributed by atoms with Crippen LogP contribution in [0, 0.1) is 0 Å². The fraction of sp³-hybridized carbons (Fsp3) is 0.368. The fourth-order valence-corrected chi connectivity index (χ4v) is 3.68. The Morgan fingerprint density at radius 1 is 1.00 bits per heavy atom. The van der Waals surface area contributed by atoms with E-state index in [2.05, 4.69) is 25.5 Å². The first-order valence-corrected chi connectivity index (χ1v) is 9.73. The van der Waals surface area contributed by atoms with Crippen molar-refractivity contribution < 1.29 is 17.9 Å². The van der Waals surface area contributed by atoms with E-state index in [1.165, 1.54) is 0 Å². The van der Waals surface area contributed by atoms with Gasteiger partial charge >= 0.3 is 0 Å². The van der Waals surface area contributed by atoms with Crippen LogP contribution in [0.5, 0.6) is 11.5 Å². The maximum absolute atomic E-state index is 12.4. The van der Waals surface area contributed by atoms with Crippen molar-refractivity contribution in [2.24, 2.45) is 0 Å². The second-order valence-electron chi connectivity index (χ2n) is 7.11. The van der Waals surface area contributed by atoms with Gasteiger partial charge in [-0.05, 0) is 47.2 Å². The van der Waals surface area contributed by atoms with Crippen molar-refractivity contribution in [1.29, 1.82) is 0 Å². The van der Waals surface area contributed by atoms with Crippen molar-refractivity contribution in [3.63, 3.8) is 0 Å². The molecule has 5 nitrogen and oxygen atoms in total. The Kier molecular flexibility index (Phi) is 4.75. The first kappa shape index (κ1) is 17.8. The van der Waals surface area contributed by atoms with Crippen LogP contribution in [-0.4, -0.2) is 21.8 Å². The van der Waals surface area contributed by atoms with Gasteiger partial charge in [0, 0.05) is 6.54 Å². The summed E-state index contributed by atoms with van der Waals surface area (Å²) in [6, 6.07) is 12.7. The van der Waals surface area contributed by atoms with Crippen LogP contribution in [0.4, 0.5) is 0 Å². The number of hydrogen-bond acceptors (Lipinski definition) is 4. The highest BCUT2D eigenvalue weighted by atomic mass is 32.2. The third-order valence-corrected chi connectivity index (χ3v) is 5.65. The topological polar surface area (TPSA) is 64.6 Å². The molecule has 134 valence electrons. The Hall–Kier alpha value is -2.05. The highest BCUT2D eigenvalue weighted by molar-refractivity contribution is 7.89. The van der Waals surface area contributed by atoms with Gasteiger partial charge in [0.25, 0.3) is 0 Å². The SMILES string of the molecule is CC(C)(C)c1ccc(S(=O)(=O)NCCc2ccc3c(c2)OCO3)cc1. The van der Waals surface area contributed by atoms with Crippen LogP contribution in [0.25, 0.3) is 0 Å². The third kappa shape index (κ3) is 4.14. The number of sulfonamides is 1. The van der Waals surface area contributed by atoms with Gasteiger partial charge in [-0.2, -0.15) is 0 Å². The largest absolute Gasteiger partial charge is 0.454 e. The molecule has 0 bridgehead atoms. The van der Waals surface area contributed by atoms with Crippen LogP contribution in [-0.2, 0) is 21.9 Å². The minimum atomic E-state index is -3.51. The Morgan fingerprint density at radius 3 is 2.36 bits per heavy atom. The highest BCUT2D eigenvalue weighted by Gasteiger charge is 2.18. The van der Waals surface area contributed by atoms with Crippen molar-refractivity contribution >= 4 is 10.0 Å². The summed E-state index contributed by atoms with van der Waals surface area (Å²) < 4.78 is 38.1. The van der Waals surface area contributed by atoms with Crippen LogP contribution < -0.4 is 14.2 Å². The molecule has 0 atom stereocenters. The highest BCUT2D eigenvalue weighted by Crippen LogP contribution is 2.32. The molecule has 0 spiro atoms. The van der Waals surface area contributed by atoms with Gasteiger partial charge in [-0.25, -0.2) is 13.1 Å². The van der Waals surface area contributed by atoms with E-state index in [-0.39, 0.29) is 17.1 Å². The van der Waals surface area contributed by atoms with E-state index in [0.717, 1.165) is 16.9 Å². The van der Waals surface area contributed by atoms with Crippen molar-refractivity contribution in [3.05, 3.63) is 53.6 Å². The van der Waals surface area contributed by atoms with Gasteiger partial charge in [0.15, 0.2) is 11.5 Å². The van der Waals surface area contributed by atoms with E-state index in [0.29, 0.717) is 18.7 Å². The van der Waals surface area contributed by atoms with Gasteiger partial charge < -0.3 is 9.47 Å². The Balaban J connectivity index is 1.62. The molecule has 6 heteroatoms. The van der Waals surface area contributed by atoms with Gasteiger partial charge in [0.05, 0.1) is 4.90 Å². The molecule has 0 saturated heterocycles. The number of benzene rings is 2. The molecule has 0 radical (unpaired) electrons. The lowest BCUT2D eigenvalue weighted by Crippen LogP contribution is -2.26. The standard InChI is InChI=1S/C19H23NO4S/c1-19(2,3)15-5-7-16(8-6-15)25(21,22)20-11-10-14-4-9-17-18(12-14)24-13-23-17/h4-9,12,20H,10-11,13H2,1-3H3. The lowest BCUT2D eigenvalue weighted by Gasteiger charge is -2.19. The maximum Gasteiger partial charge on any atom is 0.240 e. The molecule has 3 rings (SSSR count). The molecule has 2 aromatic carbocycles. The quantitative estimate of drug-likeness (QED) is 0.888. The number of rotatable bonds is 5. The molecule has 0 aliphatic carbocycles. The van der Waals surface area contributed by atoms with Crippen LogP contribution in [0.1, 0.15) is 31.9 Å². The van der Waals surface area contributed by atoms with Crippen molar-refractivity contribution in [1.82, 2.24) is 4.72 Å². The minimum Gasteiger partial charge on any atom is -0.454 e. The lowest BCUT2D eigenvalue weighted by molar-refractivity contribution is 0.174. The normalized spacial score (nSPS) is 13.9. The summed E-state index contributed by atoms with van der Waals surface area (Å²) in [6.07, 6.45) is 0.579. The monoisotopic (exact) mass is 361 g/mol. The first-order chi connectivity index (χ1) is 11.8. The molecule has 1 N–H and O–H groups in total. The van der Waals surface area contributed by atoms with Crippen molar-refractivity contribution in [3.8, 4) is 11.5 Å². The van der Waals surface area contributed by atoms with E-state index in [1.807, 2.05) is 30.3 Å². The molecule has 0 amide bonds. The third-order valence-electron chi connectivity index (χ3n) is 4.17. The van der Waals surface area contributed by atoms with Crippen LogP contribution >= 0.6 is 0 Å². The summed E-state index contributed by atoms with van der Waals surface area (Å²) in [5.41, 5.74) is 2.09. The molecule has 25 heavy (non-hydrogen) atoms. The zero-order chi connectivity index (χ0) is 18.1. The predicted molar refractivity (Wildman–Crippen MR) is 96.6 cm³/mol. The fourth-order valence-electron chi connectivity index (χ4n) is 2.64. The summed E-state index contributed by atoms with van der Waals surface area (Å²) in [5, 5.41) is 0. The Morgan fingerprint density at radius 2 is 1.68 bits per heavy atom.